The fourth-order valence-corrected chi connectivity index (χ4v) is 3.20. The van der Waals surface area contributed by atoms with Crippen LogP contribution in [0.5, 0.6) is 11.5 Å². The highest BCUT2D eigenvalue weighted by atomic mass is 79.9. The number of ether oxygens (including phenoxy) is 2. The van der Waals surface area contributed by atoms with Gasteiger partial charge in [0.25, 0.3) is 0 Å². The summed E-state index contributed by atoms with van der Waals surface area (Å²) in [5.74, 6) is 2.47. The Kier molecular flexibility index (Phi) is 6.34. The van der Waals surface area contributed by atoms with Gasteiger partial charge in [-0.05, 0) is 36.8 Å². The van der Waals surface area contributed by atoms with Gasteiger partial charge in [-0.15, -0.1) is 0 Å². The zero-order chi connectivity index (χ0) is 18.4. The molecule has 1 aromatic carbocycles. The summed E-state index contributed by atoms with van der Waals surface area (Å²) in [6.45, 7) is 3.60. The molecule has 26 heavy (non-hydrogen) atoms. The van der Waals surface area contributed by atoms with E-state index in [9.17, 15) is 0 Å². The lowest BCUT2D eigenvalue weighted by molar-refractivity contribution is 0.287. The summed E-state index contributed by atoms with van der Waals surface area (Å²) in [6.07, 6.45) is 14.2. The van der Waals surface area contributed by atoms with Gasteiger partial charge >= 0.3 is 0 Å². The Morgan fingerprint density at radius 3 is 2.96 bits per heavy atom. The van der Waals surface area contributed by atoms with Crippen molar-refractivity contribution in [1.29, 1.82) is 0 Å². The van der Waals surface area contributed by atoms with E-state index in [1.165, 1.54) is 0 Å². The topological polar surface area (TPSA) is 34.1 Å². The van der Waals surface area contributed by atoms with Crippen LogP contribution in [0.25, 0.3) is 6.08 Å². The maximum absolute atomic E-state index is 5.98. The van der Waals surface area contributed by atoms with Crippen LogP contribution in [0.2, 0.25) is 0 Å². The van der Waals surface area contributed by atoms with E-state index in [1.54, 1.807) is 7.11 Å². The monoisotopic (exact) mass is 414 g/mol. The van der Waals surface area contributed by atoms with Gasteiger partial charge in [-0.2, -0.15) is 0 Å². The number of hydrogen-bond acceptors (Lipinski definition) is 4. The average molecular weight is 415 g/mol. The second kappa shape index (κ2) is 8.90. The van der Waals surface area contributed by atoms with Crippen molar-refractivity contribution < 1.29 is 9.47 Å². The van der Waals surface area contributed by atoms with Crippen molar-refractivity contribution in [1.82, 2.24) is 4.90 Å². The lowest BCUT2D eigenvalue weighted by Crippen LogP contribution is -2.29. The van der Waals surface area contributed by atoms with Crippen LogP contribution in [0, 0.1) is 0 Å². The molecular weight excluding hydrogens is 392 g/mol. The number of methoxy groups -OCH3 is 1. The Morgan fingerprint density at radius 2 is 2.15 bits per heavy atom. The molecule has 0 aliphatic carbocycles. The summed E-state index contributed by atoms with van der Waals surface area (Å²) < 4.78 is 12.5. The van der Waals surface area contributed by atoms with Crippen LogP contribution in [0.1, 0.15) is 25.3 Å². The molecule has 0 saturated heterocycles. The molecule has 3 rings (SSSR count). The van der Waals surface area contributed by atoms with E-state index >= 15 is 0 Å². The molecule has 0 N–H and O–H groups in total. The third-order valence-corrected chi connectivity index (χ3v) is 4.79. The van der Waals surface area contributed by atoms with Crippen molar-refractivity contribution in [3.63, 3.8) is 0 Å². The van der Waals surface area contributed by atoms with Crippen LogP contribution in [0.15, 0.2) is 63.9 Å². The molecule has 0 amide bonds. The van der Waals surface area contributed by atoms with Crippen LogP contribution >= 0.6 is 15.9 Å². The third kappa shape index (κ3) is 4.28. The maximum Gasteiger partial charge on any atom is 0.168 e. The summed E-state index contributed by atoms with van der Waals surface area (Å²) in [6, 6.07) is 5.92. The van der Waals surface area contributed by atoms with Gasteiger partial charge < -0.3 is 14.4 Å². The number of halogens is 1. The third-order valence-electron chi connectivity index (χ3n) is 4.13. The highest BCUT2D eigenvalue weighted by Crippen LogP contribution is 2.33. The first-order valence-corrected chi connectivity index (χ1v) is 9.59. The van der Waals surface area contributed by atoms with E-state index in [0.717, 1.165) is 52.5 Å². The molecule has 2 aliphatic rings. The van der Waals surface area contributed by atoms with Crippen molar-refractivity contribution in [3.05, 3.63) is 64.4 Å². The summed E-state index contributed by atoms with van der Waals surface area (Å²) >= 11 is 3.65. The summed E-state index contributed by atoms with van der Waals surface area (Å²) in [5.41, 5.74) is 1.90. The maximum atomic E-state index is 5.98. The summed E-state index contributed by atoms with van der Waals surface area (Å²) in [7, 11) is 1.67. The molecule has 0 radical (unpaired) electrons. The molecule has 0 atom stereocenters. The molecule has 0 spiro atoms. The normalized spacial score (nSPS) is 16.1. The minimum Gasteiger partial charge on any atom is -0.493 e. The predicted octanol–water partition coefficient (Wildman–Crippen LogP) is 5.29. The Hall–Kier alpha value is -2.27. The lowest BCUT2D eigenvalue weighted by Gasteiger charge is -2.26. The van der Waals surface area contributed by atoms with Gasteiger partial charge in [-0.1, -0.05) is 47.5 Å². The Morgan fingerprint density at radius 1 is 1.27 bits per heavy atom. The van der Waals surface area contributed by atoms with Crippen LogP contribution in [-0.4, -0.2) is 31.0 Å². The largest absolute Gasteiger partial charge is 0.493 e. The van der Waals surface area contributed by atoms with Gasteiger partial charge in [-0.3, -0.25) is 0 Å². The first-order valence-electron chi connectivity index (χ1n) is 8.79. The molecule has 1 aromatic rings. The number of rotatable bonds is 7. The predicted molar refractivity (Wildman–Crippen MR) is 111 cm³/mol. The summed E-state index contributed by atoms with van der Waals surface area (Å²) in [5, 5.41) is 0. The van der Waals surface area contributed by atoms with Crippen molar-refractivity contribution in [2.45, 2.75) is 19.8 Å². The average Bonchev–Trinajstić information content (AvgIpc) is 2.67. The van der Waals surface area contributed by atoms with Crippen LogP contribution in [0.3, 0.4) is 0 Å². The number of amidine groups is 1. The fraction of sp³-hybridized carbons (Fsp3) is 0.286. The highest BCUT2D eigenvalue weighted by molar-refractivity contribution is 9.11. The lowest BCUT2D eigenvalue weighted by atomic mass is 10.1. The molecule has 0 unspecified atom stereocenters. The van der Waals surface area contributed by atoms with Gasteiger partial charge in [-0.25, -0.2) is 4.99 Å². The van der Waals surface area contributed by atoms with Crippen LogP contribution in [-0.2, 0) is 0 Å². The Labute approximate surface area is 163 Å². The number of allylic oxidation sites excluding steroid dienone is 3. The molecule has 2 heterocycles. The second-order valence-electron chi connectivity index (χ2n) is 6.00. The smallest absolute Gasteiger partial charge is 0.168 e. The van der Waals surface area contributed by atoms with Crippen molar-refractivity contribution in [3.8, 4) is 11.5 Å². The van der Waals surface area contributed by atoms with Gasteiger partial charge in [0, 0.05) is 16.2 Å². The van der Waals surface area contributed by atoms with E-state index in [2.05, 4.69) is 27.8 Å². The SMILES string of the molecule is CCCCOc1c(/C=C/C2=C(Br)CN3C=CC=CC3=N2)cccc1OC. The first kappa shape index (κ1) is 18.5. The number of para-hydroxylation sites is 1. The molecule has 2 aliphatic heterocycles. The van der Waals surface area contributed by atoms with E-state index < -0.39 is 0 Å². The van der Waals surface area contributed by atoms with E-state index in [1.807, 2.05) is 54.8 Å². The highest BCUT2D eigenvalue weighted by Gasteiger charge is 2.17. The van der Waals surface area contributed by atoms with E-state index in [0.29, 0.717) is 6.61 Å². The zero-order valence-corrected chi connectivity index (χ0v) is 16.7. The standard InChI is InChI=1S/C21H23BrN2O2/c1-3-4-14-26-21-16(8-7-9-19(21)25-2)11-12-18-17(22)15-24-13-6-5-10-20(24)23-18/h5-13H,3-4,14-15H2,1-2H3/b12-11+. The molecule has 0 bridgehead atoms. The zero-order valence-electron chi connectivity index (χ0n) is 15.1. The number of aliphatic imine (C=N–C) groups is 1. The molecule has 5 heteroatoms. The first-order chi connectivity index (χ1) is 12.7. The van der Waals surface area contributed by atoms with Gasteiger partial charge in [0.05, 0.1) is 26.0 Å². The molecule has 4 nitrogen and oxygen atoms in total. The molecule has 0 aromatic heterocycles. The Bertz CT molecular complexity index is 806. The quantitative estimate of drug-likeness (QED) is 0.568. The molecule has 0 fully saturated rings. The number of fused-ring (bicyclic) bond motifs is 1. The van der Waals surface area contributed by atoms with Crippen LogP contribution in [0.4, 0.5) is 0 Å². The minimum absolute atomic E-state index is 0.679. The minimum atomic E-state index is 0.679. The van der Waals surface area contributed by atoms with Gasteiger partial charge in [0.2, 0.25) is 0 Å². The van der Waals surface area contributed by atoms with E-state index in [4.69, 9.17) is 14.5 Å². The van der Waals surface area contributed by atoms with Crippen molar-refractivity contribution in [2.24, 2.45) is 4.99 Å². The van der Waals surface area contributed by atoms with Crippen molar-refractivity contribution in [2.75, 3.05) is 20.3 Å². The number of unbranched alkanes of at least 4 members (excludes halogenated alkanes) is 1. The summed E-state index contributed by atoms with van der Waals surface area (Å²) in [4.78, 5) is 6.83. The molecular formula is C21H23BrN2O2. The van der Waals surface area contributed by atoms with E-state index in [-0.39, 0.29) is 0 Å². The van der Waals surface area contributed by atoms with Gasteiger partial charge in [0.1, 0.15) is 5.84 Å². The molecule has 136 valence electrons. The second-order valence-corrected chi connectivity index (χ2v) is 6.96. The van der Waals surface area contributed by atoms with Crippen molar-refractivity contribution >= 4 is 27.8 Å². The number of benzene rings is 1. The van der Waals surface area contributed by atoms with Gasteiger partial charge in [0.15, 0.2) is 11.5 Å². The van der Waals surface area contributed by atoms with Crippen LogP contribution < -0.4 is 9.47 Å². The number of hydrogen-bond donors (Lipinski definition) is 0. The molecule has 0 saturated carbocycles. The Balaban J connectivity index is 1.85. The fourth-order valence-electron chi connectivity index (χ4n) is 2.71. The number of nitrogens with zero attached hydrogens (tertiary/aromatic N) is 2.